The number of fused-ring (bicyclic) bond motifs is 1. The molecule has 2 saturated heterocycles. The number of likely N-dealkylation sites (tertiary alicyclic amines) is 1. The van der Waals surface area contributed by atoms with Gasteiger partial charge in [0.05, 0.1) is 18.4 Å². The van der Waals surface area contributed by atoms with E-state index in [4.69, 9.17) is 16.3 Å². The van der Waals surface area contributed by atoms with Crippen molar-refractivity contribution in [2.24, 2.45) is 0 Å². The molecule has 2 unspecified atom stereocenters. The van der Waals surface area contributed by atoms with Crippen molar-refractivity contribution in [2.75, 3.05) is 25.2 Å². The summed E-state index contributed by atoms with van der Waals surface area (Å²) in [4.78, 5) is 14.7. The first kappa shape index (κ1) is 15.7. The van der Waals surface area contributed by atoms with Gasteiger partial charge in [-0.15, -0.1) is 0 Å². The molecule has 128 valence electrons. The molecule has 0 aromatic heterocycles. The van der Waals surface area contributed by atoms with Gasteiger partial charge in [0.15, 0.2) is 0 Å². The number of rotatable bonds is 3. The number of halogens is 1. The van der Waals surface area contributed by atoms with Crippen LogP contribution in [0.25, 0.3) is 0 Å². The number of methoxy groups -OCH3 is 1. The Labute approximate surface area is 145 Å². The molecule has 3 aliphatic heterocycles. The van der Waals surface area contributed by atoms with Crippen molar-refractivity contribution >= 4 is 23.2 Å². The topological polar surface area (TPSA) is 68.9 Å². The molecule has 2 fully saturated rings. The van der Waals surface area contributed by atoms with E-state index in [1.165, 1.54) is 12.8 Å². The lowest BCUT2D eigenvalue weighted by Crippen LogP contribution is -2.66. The number of amides is 1. The fourth-order valence-corrected chi connectivity index (χ4v) is 3.53. The van der Waals surface area contributed by atoms with Gasteiger partial charge in [0.25, 0.3) is 5.91 Å². The van der Waals surface area contributed by atoms with Crippen LogP contribution in [0.15, 0.2) is 30.0 Å². The van der Waals surface area contributed by atoms with Crippen LogP contribution in [0.5, 0.6) is 5.75 Å². The second-order valence-corrected chi connectivity index (χ2v) is 6.55. The summed E-state index contributed by atoms with van der Waals surface area (Å²) in [6.07, 6.45) is 3.76. The zero-order valence-corrected chi connectivity index (χ0v) is 14.1. The van der Waals surface area contributed by atoms with Crippen molar-refractivity contribution in [1.82, 2.24) is 21.0 Å². The maximum absolute atomic E-state index is 12.5. The molecule has 0 spiro atoms. The van der Waals surface area contributed by atoms with E-state index in [2.05, 4.69) is 21.0 Å². The summed E-state index contributed by atoms with van der Waals surface area (Å²) in [6, 6.07) is 5.40. The molecule has 4 rings (SSSR count). The van der Waals surface area contributed by atoms with Crippen molar-refractivity contribution in [2.45, 2.75) is 25.3 Å². The average molecular weight is 350 g/mol. The van der Waals surface area contributed by atoms with Crippen LogP contribution in [-0.4, -0.2) is 43.5 Å². The van der Waals surface area contributed by atoms with E-state index in [0.29, 0.717) is 16.3 Å². The maximum Gasteiger partial charge on any atom is 0.254 e. The molecule has 1 aromatic rings. The number of nitrogens with one attached hydrogen (secondary N) is 3. The molecule has 3 aliphatic rings. The second kappa shape index (κ2) is 6.25. The molecular weight excluding hydrogens is 330 g/mol. The first-order chi connectivity index (χ1) is 11.7. The number of carbonyl (C=O) groups is 1. The van der Waals surface area contributed by atoms with Gasteiger partial charge in [-0.3, -0.25) is 20.0 Å². The second-order valence-electron chi connectivity index (χ2n) is 6.12. The van der Waals surface area contributed by atoms with Crippen LogP contribution in [0, 0.1) is 0 Å². The fourth-order valence-electron chi connectivity index (χ4n) is 3.37. The summed E-state index contributed by atoms with van der Waals surface area (Å²) in [6.45, 7) is 2.00. The molecular formula is C16H20ClN5O2. The van der Waals surface area contributed by atoms with E-state index in [0.717, 1.165) is 18.8 Å². The lowest BCUT2D eigenvalue weighted by atomic mass is 10.2. The van der Waals surface area contributed by atoms with Crippen LogP contribution in [0.4, 0.5) is 5.69 Å². The molecule has 3 N–H and O–H groups in total. The Morgan fingerprint density at radius 3 is 2.83 bits per heavy atom. The van der Waals surface area contributed by atoms with Crippen LogP contribution in [0.3, 0.4) is 0 Å². The van der Waals surface area contributed by atoms with Crippen LogP contribution in [0.1, 0.15) is 12.8 Å². The number of hydrogen-bond acceptors (Lipinski definition) is 6. The molecule has 0 radical (unpaired) electrons. The number of anilines is 1. The van der Waals surface area contributed by atoms with E-state index in [1.807, 2.05) is 6.07 Å². The number of hydrazine groups is 1. The summed E-state index contributed by atoms with van der Waals surface area (Å²) < 4.78 is 5.40. The minimum atomic E-state index is -0.232. The molecule has 1 aromatic carbocycles. The van der Waals surface area contributed by atoms with Crippen molar-refractivity contribution in [3.05, 3.63) is 35.0 Å². The van der Waals surface area contributed by atoms with Crippen LogP contribution in [0.2, 0.25) is 5.02 Å². The Balaban J connectivity index is 1.56. The van der Waals surface area contributed by atoms with E-state index < -0.39 is 0 Å². The highest BCUT2D eigenvalue weighted by molar-refractivity contribution is 6.30. The molecule has 0 bridgehead atoms. The fraction of sp³-hybridized carbons (Fsp3) is 0.438. The number of carbonyl (C=O) groups excluding carboxylic acids is 1. The van der Waals surface area contributed by atoms with Gasteiger partial charge >= 0.3 is 0 Å². The third kappa shape index (κ3) is 2.73. The first-order valence-electron chi connectivity index (χ1n) is 8.07. The summed E-state index contributed by atoms with van der Waals surface area (Å²) >= 11 is 6.02. The monoisotopic (exact) mass is 349 g/mol. The average Bonchev–Trinajstić information content (AvgIpc) is 3.24. The van der Waals surface area contributed by atoms with Crippen molar-refractivity contribution in [3.63, 3.8) is 0 Å². The number of ether oxygens (including phenoxy) is 1. The van der Waals surface area contributed by atoms with Crippen molar-refractivity contribution < 1.29 is 9.53 Å². The molecule has 8 heteroatoms. The minimum absolute atomic E-state index is 0.0569. The summed E-state index contributed by atoms with van der Waals surface area (Å²) in [5, 5.41) is 8.87. The van der Waals surface area contributed by atoms with E-state index in [-0.39, 0.29) is 18.4 Å². The van der Waals surface area contributed by atoms with Crippen molar-refractivity contribution in [1.29, 1.82) is 0 Å². The van der Waals surface area contributed by atoms with Gasteiger partial charge in [-0.05, 0) is 25.0 Å². The molecule has 3 heterocycles. The van der Waals surface area contributed by atoms with Gasteiger partial charge in [-0.2, -0.15) is 0 Å². The summed E-state index contributed by atoms with van der Waals surface area (Å²) in [7, 11) is 1.60. The van der Waals surface area contributed by atoms with Crippen LogP contribution >= 0.6 is 11.6 Å². The lowest BCUT2D eigenvalue weighted by Gasteiger charge is -2.36. The highest BCUT2D eigenvalue weighted by atomic mass is 35.5. The van der Waals surface area contributed by atoms with Gasteiger partial charge in [-0.1, -0.05) is 11.6 Å². The molecule has 1 amide bonds. The molecule has 2 atom stereocenters. The van der Waals surface area contributed by atoms with Gasteiger partial charge in [0.1, 0.15) is 18.2 Å². The molecule has 0 aliphatic carbocycles. The third-order valence-corrected chi connectivity index (χ3v) is 4.84. The smallest absolute Gasteiger partial charge is 0.254 e. The Morgan fingerprint density at radius 2 is 2.08 bits per heavy atom. The van der Waals surface area contributed by atoms with Crippen molar-refractivity contribution in [3.8, 4) is 5.75 Å². The standard InChI is InChI=1S/C16H20ClN5O2/c1-24-13-8-10(17)4-5-12(13)22-9-11-14(20-22)18-16(19-15(11)23)21-6-2-3-7-21/h4-5,8-9,14,16,18,20H,2-3,6-7H2,1H3,(H,19,23). The normalized spacial score (nSPS) is 27.0. The highest BCUT2D eigenvalue weighted by Gasteiger charge is 2.39. The predicted octanol–water partition coefficient (Wildman–Crippen LogP) is 0.982. The largest absolute Gasteiger partial charge is 0.494 e. The Bertz CT molecular complexity index is 689. The third-order valence-electron chi connectivity index (χ3n) is 4.61. The molecule has 7 nitrogen and oxygen atoms in total. The Kier molecular flexibility index (Phi) is 4.09. The van der Waals surface area contributed by atoms with Crippen LogP contribution < -0.4 is 25.8 Å². The highest BCUT2D eigenvalue weighted by Crippen LogP contribution is 2.33. The first-order valence-corrected chi connectivity index (χ1v) is 8.45. The van der Waals surface area contributed by atoms with Gasteiger partial charge in [-0.25, -0.2) is 5.43 Å². The number of nitrogens with zero attached hydrogens (tertiary/aromatic N) is 2. The quantitative estimate of drug-likeness (QED) is 0.756. The molecule has 24 heavy (non-hydrogen) atoms. The van der Waals surface area contributed by atoms with E-state index >= 15 is 0 Å². The zero-order chi connectivity index (χ0) is 16.7. The van der Waals surface area contributed by atoms with Crippen LogP contribution in [-0.2, 0) is 4.79 Å². The number of benzene rings is 1. The lowest BCUT2D eigenvalue weighted by molar-refractivity contribution is -0.121. The predicted molar refractivity (Wildman–Crippen MR) is 91.4 cm³/mol. The number of hydrogen-bond donors (Lipinski definition) is 3. The Hall–Kier alpha value is -1.80. The SMILES string of the molecule is COc1cc(Cl)ccc1N1C=C2C(=O)NC(N3CCCC3)NC2N1. The van der Waals surface area contributed by atoms with Gasteiger partial charge < -0.3 is 10.1 Å². The van der Waals surface area contributed by atoms with Gasteiger partial charge in [0.2, 0.25) is 0 Å². The summed E-state index contributed by atoms with van der Waals surface area (Å²) in [5.74, 6) is 0.584. The summed E-state index contributed by atoms with van der Waals surface area (Å²) in [5.41, 5.74) is 4.76. The molecule has 0 saturated carbocycles. The van der Waals surface area contributed by atoms with Gasteiger partial charge in [0, 0.05) is 30.4 Å². The minimum Gasteiger partial charge on any atom is -0.494 e. The maximum atomic E-state index is 12.5. The Morgan fingerprint density at radius 1 is 1.29 bits per heavy atom. The zero-order valence-electron chi connectivity index (χ0n) is 13.4. The van der Waals surface area contributed by atoms with E-state index in [9.17, 15) is 4.79 Å². The van der Waals surface area contributed by atoms with E-state index in [1.54, 1.807) is 30.5 Å².